The molecule has 0 spiro atoms. The minimum absolute atomic E-state index is 0.0731. The third kappa shape index (κ3) is 2.50. The standard InChI is InChI=1S/C7H9ClO3/c1-4(9)11-3-5-2-6(5)7(8)10/h5-6H,2-3H2,1H3. The van der Waals surface area contributed by atoms with Crippen molar-refractivity contribution in [2.24, 2.45) is 11.8 Å². The summed E-state index contributed by atoms with van der Waals surface area (Å²) in [6.45, 7) is 1.68. The number of carbonyl (C=O) groups is 2. The van der Waals surface area contributed by atoms with E-state index in [2.05, 4.69) is 0 Å². The van der Waals surface area contributed by atoms with Crippen molar-refractivity contribution in [1.29, 1.82) is 0 Å². The molecular weight excluding hydrogens is 168 g/mol. The predicted octanol–water partition coefficient (Wildman–Crippen LogP) is 0.951. The molecule has 0 radical (unpaired) electrons. The summed E-state index contributed by atoms with van der Waals surface area (Å²) in [4.78, 5) is 20.8. The number of rotatable bonds is 3. The Kier molecular flexibility index (Phi) is 2.49. The van der Waals surface area contributed by atoms with Gasteiger partial charge >= 0.3 is 5.97 Å². The van der Waals surface area contributed by atoms with Gasteiger partial charge in [-0.1, -0.05) is 0 Å². The van der Waals surface area contributed by atoms with Gasteiger partial charge in [0, 0.05) is 18.8 Å². The molecule has 2 atom stereocenters. The van der Waals surface area contributed by atoms with Crippen LogP contribution in [0.1, 0.15) is 13.3 Å². The van der Waals surface area contributed by atoms with Crippen LogP contribution in [0, 0.1) is 11.8 Å². The zero-order chi connectivity index (χ0) is 8.43. The van der Waals surface area contributed by atoms with Gasteiger partial charge in [-0.3, -0.25) is 9.59 Å². The van der Waals surface area contributed by atoms with Gasteiger partial charge in [-0.2, -0.15) is 0 Å². The van der Waals surface area contributed by atoms with Gasteiger partial charge in [-0.05, 0) is 18.0 Å². The smallest absolute Gasteiger partial charge is 0.302 e. The summed E-state index contributed by atoms with van der Waals surface area (Å²) in [7, 11) is 0. The summed E-state index contributed by atoms with van der Waals surface area (Å²) in [5.74, 6) is -0.211. The van der Waals surface area contributed by atoms with E-state index in [1.807, 2.05) is 0 Å². The summed E-state index contributed by atoms with van der Waals surface area (Å²) in [5.41, 5.74) is 0. The van der Waals surface area contributed by atoms with Crippen LogP contribution >= 0.6 is 11.6 Å². The SMILES string of the molecule is CC(=O)OCC1CC1C(=O)Cl. The summed E-state index contributed by atoms with van der Waals surface area (Å²) >= 11 is 5.21. The van der Waals surface area contributed by atoms with Crippen LogP contribution in [0.2, 0.25) is 0 Å². The third-order valence-electron chi connectivity index (χ3n) is 1.71. The summed E-state index contributed by atoms with van der Waals surface area (Å²) in [5, 5.41) is -0.317. The van der Waals surface area contributed by atoms with E-state index < -0.39 is 0 Å². The van der Waals surface area contributed by atoms with Gasteiger partial charge < -0.3 is 4.74 Å². The molecule has 0 aliphatic heterocycles. The van der Waals surface area contributed by atoms with Gasteiger partial charge in [0.05, 0.1) is 6.61 Å². The fraction of sp³-hybridized carbons (Fsp3) is 0.714. The number of carbonyl (C=O) groups excluding carboxylic acids is 2. The Morgan fingerprint density at radius 1 is 1.64 bits per heavy atom. The number of esters is 1. The Morgan fingerprint density at radius 2 is 2.27 bits per heavy atom. The second-order valence-corrected chi connectivity index (χ2v) is 3.08. The largest absolute Gasteiger partial charge is 0.466 e. The molecule has 62 valence electrons. The van der Waals surface area contributed by atoms with Crippen LogP contribution < -0.4 is 0 Å². The highest BCUT2D eigenvalue weighted by Crippen LogP contribution is 2.40. The molecule has 3 nitrogen and oxygen atoms in total. The van der Waals surface area contributed by atoms with Gasteiger partial charge in [0.1, 0.15) is 0 Å². The maximum atomic E-state index is 10.5. The predicted molar refractivity (Wildman–Crippen MR) is 39.1 cm³/mol. The molecule has 1 aliphatic carbocycles. The minimum Gasteiger partial charge on any atom is -0.466 e. The Balaban J connectivity index is 2.14. The molecule has 0 bridgehead atoms. The molecule has 2 unspecified atom stereocenters. The highest BCUT2D eigenvalue weighted by atomic mass is 35.5. The molecule has 1 fully saturated rings. The first-order valence-corrected chi connectivity index (χ1v) is 3.81. The number of halogens is 1. The minimum atomic E-state index is -0.317. The van der Waals surface area contributed by atoms with E-state index in [0.717, 1.165) is 6.42 Å². The fourth-order valence-corrected chi connectivity index (χ4v) is 1.20. The lowest BCUT2D eigenvalue weighted by Crippen LogP contribution is -2.04. The third-order valence-corrected chi connectivity index (χ3v) is 2.00. The second-order valence-electron chi connectivity index (χ2n) is 2.71. The molecule has 1 saturated carbocycles. The van der Waals surface area contributed by atoms with Gasteiger partial charge in [0.2, 0.25) is 5.24 Å². The molecule has 4 heteroatoms. The van der Waals surface area contributed by atoms with Crippen LogP contribution in [0.5, 0.6) is 0 Å². The van der Waals surface area contributed by atoms with Gasteiger partial charge in [0.25, 0.3) is 0 Å². The number of hydrogen-bond acceptors (Lipinski definition) is 3. The molecule has 0 aromatic carbocycles. The van der Waals surface area contributed by atoms with Crippen molar-refractivity contribution < 1.29 is 14.3 Å². The lowest BCUT2D eigenvalue weighted by atomic mass is 10.3. The van der Waals surface area contributed by atoms with Crippen molar-refractivity contribution in [3.63, 3.8) is 0 Å². The molecule has 0 aromatic rings. The highest BCUT2D eigenvalue weighted by molar-refractivity contribution is 6.64. The van der Waals surface area contributed by atoms with E-state index in [1.165, 1.54) is 6.92 Å². The zero-order valence-electron chi connectivity index (χ0n) is 6.17. The van der Waals surface area contributed by atoms with E-state index in [9.17, 15) is 9.59 Å². The topological polar surface area (TPSA) is 43.4 Å². The molecule has 0 heterocycles. The molecular formula is C7H9ClO3. The van der Waals surface area contributed by atoms with Crippen molar-refractivity contribution >= 4 is 22.8 Å². The Morgan fingerprint density at radius 3 is 2.64 bits per heavy atom. The lowest BCUT2D eigenvalue weighted by molar-refractivity contribution is -0.141. The Bertz CT molecular complexity index is 190. The molecule has 1 aliphatic rings. The molecule has 0 aromatic heterocycles. The first-order chi connectivity index (χ1) is 5.11. The average molecular weight is 177 g/mol. The quantitative estimate of drug-likeness (QED) is 0.475. The fourth-order valence-electron chi connectivity index (χ4n) is 0.934. The lowest BCUT2D eigenvalue weighted by Gasteiger charge is -1.97. The number of ether oxygens (including phenoxy) is 1. The van der Waals surface area contributed by atoms with E-state index in [0.29, 0.717) is 6.61 Å². The summed E-state index contributed by atoms with van der Waals surface area (Å²) in [6.07, 6.45) is 0.760. The zero-order valence-corrected chi connectivity index (χ0v) is 6.93. The van der Waals surface area contributed by atoms with Gasteiger partial charge in [-0.25, -0.2) is 0 Å². The van der Waals surface area contributed by atoms with Crippen molar-refractivity contribution in [2.75, 3.05) is 6.61 Å². The van der Waals surface area contributed by atoms with Crippen molar-refractivity contribution in [1.82, 2.24) is 0 Å². The second kappa shape index (κ2) is 3.22. The molecule has 0 N–H and O–H groups in total. The maximum absolute atomic E-state index is 10.5. The average Bonchev–Trinajstić information content (AvgIpc) is 2.61. The van der Waals surface area contributed by atoms with E-state index in [-0.39, 0.29) is 23.0 Å². The molecule has 0 amide bonds. The van der Waals surface area contributed by atoms with Crippen LogP contribution in [0.4, 0.5) is 0 Å². The first-order valence-electron chi connectivity index (χ1n) is 3.44. The van der Waals surface area contributed by atoms with Gasteiger partial charge in [-0.15, -0.1) is 0 Å². The highest BCUT2D eigenvalue weighted by Gasteiger charge is 2.42. The van der Waals surface area contributed by atoms with Crippen LogP contribution in [-0.4, -0.2) is 17.8 Å². The van der Waals surface area contributed by atoms with Crippen LogP contribution in [0.3, 0.4) is 0 Å². The normalized spacial score (nSPS) is 27.8. The summed E-state index contributed by atoms with van der Waals surface area (Å²) in [6, 6.07) is 0. The van der Waals surface area contributed by atoms with Crippen molar-refractivity contribution in [2.45, 2.75) is 13.3 Å². The maximum Gasteiger partial charge on any atom is 0.302 e. The van der Waals surface area contributed by atoms with Gasteiger partial charge in [0.15, 0.2) is 0 Å². The molecule has 0 saturated heterocycles. The van der Waals surface area contributed by atoms with Crippen LogP contribution in [0.15, 0.2) is 0 Å². The summed E-state index contributed by atoms with van der Waals surface area (Å²) < 4.78 is 4.70. The van der Waals surface area contributed by atoms with Crippen LogP contribution in [-0.2, 0) is 14.3 Å². The number of hydrogen-bond donors (Lipinski definition) is 0. The van der Waals surface area contributed by atoms with E-state index in [4.69, 9.17) is 16.3 Å². The Labute approximate surface area is 69.7 Å². The van der Waals surface area contributed by atoms with E-state index in [1.54, 1.807) is 0 Å². The molecule has 1 rings (SSSR count). The monoisotopic (exact) mass is 176 g/mol. The van der Waals surface area contributed by atoms with Crippen LogP contribution in [0.25, 0.3) is 0 Å². The van der Waals surface area contributed by atoms with Crippen molar-refractivity contribution in [3.05, 3.63) is 0 Å². The Hall–Kier alpha value is -0.570. The van der Waals surface area contributed by atoms with E-state index >= 15 is 0 Å². The molecule has 11 heavy (non-hydrogen) atoms. The first kappa shape index (κ1) is 8.53. The van der Waals surface area contributed by atoms with Crippen molar-refractivity contribution in [3.8, 4) is 0 Å².